The molecule has 0 bridgehead atoms. The maximum atomic E-state index is 12.6. The molecular formula is C15H11BrClN3O. The second-order valence-corrected chi connectivity index (χ2v) is 5.86. The Labute approximate surface area is 135 Å². The maximum Gasteiger partial charge on any atom is 0.260 e. The quantitative estimate of drug-likeness (QED) is 0.688. The molecule has 3 aromatic rings. The van der Waals surface area contributed by atoms with Gasteiger partial charge in [-0.3, -0.25) is 4.79 Å². The van der Waals surface area contributed by atoms with E-state index in [0.717, 1.165) is 11.3 Å². The number of hydrogen-bond donors (Lipinski definition) is 0. The Hall–Kier alpha value is -1.85. The first-order valence-electron chi connectivity index (χ1n) is 6.22. The number of nitrogens with zero attached hydrogens (tertiary/aromatic N) is 3. The van der Waals surface area contributed by atoms with Crippen LogP contribution in [0.4, 0.5) is 5.69 Å². The molecule has 0 fully saturated rings. The van der Waals surface area contributed by atoms with E-state index in [1.54, 1.807) is 42.7 Å². The number of halogens is 2. The summed E-state index contributed by atoms with van der Waals surface area (Å²) in [6.07, 6.45) is 5.26. The lowest BCUT2D eigenvalue weighted by Gasteiger charge is -2.18. The van der Waals surface area contributed by atoms with Crippen LogP contribution in [0.1, 0.15) is 10.4 Å². The fraction of sp³-hybridized carbons (Fsp3) is 0.0667. The molecule has 0 unspecified atom stereocenters. The predicted octanol–water partition coefficient (Wildman–Crippen LogP) is 4.03. The minimum Gasteiger partial charge on any atom is -0.311 e. The molecule has 2 aromatic heterocycles. The molecule has 0 aliphatic heterocycles. The molecule has 1 aromatic carbocycles. The van der Waals surface area contributed by atoms with Gasteiger partial charge in [0.25, 0.3) is 5.91 Å². The summed E-state index contributed by atoms with van der Waals surface area (Å²) in [6, 6.07) is 8.96. The van der Waals surface area contributed by atoms with Crippen molar-refractivity contribution in [3.05, 3.63) is 64.0 Å². The molecule has 21 heavy (non-hydrogen) atoms. The summed E-state index contributed by atoms with van der Waals surface area (Å²) in [6.45, 7) is 0. The van der Waals surface area contributed by atoms with E-state index in [9.17, 15) is 4.79 Å². The van der Waals surface area contributed by atoms with Crippen LogP contribution in [-0.4, -0.2) is 22.3 Å². The van der Waals surface area contributed by atoms with Crippen molar-refractivity contribution in [2.24, 2.45) is 0 Å². The third kappa shape index (κ3) is 2.66. The summed E-state index contributed by atoms with van der Waals surface area (Å²) in [4.78, 5) is 18.4. The van der Waals surface area contributed by atoms with Gasteiger partial charge in [0.2, 0.25) is 0 Å². The number of fused-ring (bicyclic) bond motifs is 1. The van der Waals surface area contributed by atoms with E-state index in [-0.39, 0.29) is 5.91 Å². The van der Waals surface area contributed by atoms with E-state index in [4.69, 9.17) is 11.6 Å². The Morgan fingerprint density at radius 3 is 2.76 bits per heavy atom. The van der Waals surface area contributed by atoms with Crippen molar-refractivity contribution in [3.63, 3.8) is 0 Å². The van der Waals surface area contributed by atoms with Crippen molar-refractivity contribution < 1.29 is 4.79 Å². The number of rotatable bonds is 2. The van der Waals surface area contributed by atoms with Gasteiger partial charge in [-0.2, -0.15) is 0 Å². The first-order valence-corrected chi connectivity index (χ1v) is 7.39. The molecule has 0 saturated heterocycles. The lowest BCUT2D eigenvalue weighted by molar-refractivity contribution is 0.0992. The number of imidazole rings is 1. The van der Waals surface area contributed by atoms with Gasteiger partial charge in [0, 0.05) is 40.8 Å². The molecule has 4 nitrogen and oxygen atoms in total. The second kappa shape index (κ2) is 5.50. The van der Waals surface area contributed by atoms with E-state index in [1.165, 1.54) is 0 Å². The fourth-order valence-corrected chi connectivity index (χ4v) is 2.66. The van der Waals surface area contributed by atoms with E-state index in [1.807, 2.05) is 22.6 Å². The normalized spacial score (nSPS) is 10.8. The van der Waals surface area contributed by atoms with Gasteiger partial charge in [-0.05, 0) is 46.3 Å². The number of aromatic nitrogens is 2. The summed E-state index contributed by atoms with van der Waals surface area (Å²) < 4.78 is 2.53. The Morgan fingerprint density at radius 1 is 1.33 bits per heavy atom. The molecule has 1 amide bonds. The molecule has 0 spiro atoms. The van der Waals surface area contributed by atoms with Crippen molar-refractivity contribution in [2.45, 2.75) is 0 Å². The first-order chi connectivity index (χ1) is 10.1. The molecule has 3 rings (SSSR count). The average Bonchev–Trinajstić information content (AvgIpc) is 2.93. The van der Waals surface area contributed by atoms with E-state index in [0.29, 0.717) is 15.1 Å². The zero-order valence-corrected chi connectivity index (χ0v) is 13.5. The van der Waals surface area contributed by atoms with Gasteiger partial charge in [0.05, 0.1) is 5.56 Å². The molecule has 6 heteroatoms. The third-order valence-corrected chi connectivity index (χ3v) is 4.14. The lowest BCUT2D eigenvalue weighted by Crippen LogP contribution is -2.26. The highest BCUT2D eigenvalue weighted by Crippen LogP contribution is 2.23. The minimum absolute atomic E-state index is 0.111. The number of carbonyl (C=O) groups is 1. The van der Waals surface area contributed by atoms with Gasteiger partial charge >= 0.3 is 0 Å². The topological polar surface area (TPSA) is 37.6 Å². The van der Waals surface area contributed by atoms with Gasteiger partial charge in [-0.25, -0.2) is 4.98 Å². The van der Waals surface area contributed by atoms with E-state index >= 15 is 0 Å². The molecule has 0 aliphatic carbocycles. The smallest absolute Gasteiger partial charge is 0.260 e. The van der Waals surface area contributed by atoms with Crippen molar-refractivity contribution in [3.8, 4) is 0 Å². The van der Waals surface area contributed by atoms with Crippen molar-refractivity contribution >= 4 is 44.8 Å². The van der Waals surface area contributed by atoms with E-state index in [2.05, 4.69) is 20.9 Å². The average molecular weight is 365 g/mol. The highest BCUT2D eigenvalue weighted by molar-refractivity contribution is 9.10. The summed E-state index contributed by atoms with van der Waals surface area (Å²) in [7, 11) is 1.73. The van der Waals surface area contributed by atoms with Crippen LogP contribution < -0.4 is 4.90 Å². The van der Waals surface area contributed by atoms with Crippen LogP contribution in [0.15, 0.2) is 53.4 Å². The monoisotopic (exact) mass is 363 g/mol. The number of anilines is 1. The molecule has 0 aliphatic rings. The molecule has 0 saturated carbocycles. The highest BCUT2D eigenvalue weighted by Gasteiger charge is 2.17. The Kier molecular flexibility index (Phi) is 3.69. The van der Waals surface area contributed by atoms with Crippen LogP contribution in [0.5, 0.6) is 0 Å². The van der Waals surface area contributed by atoms with E-state index < -0.39 is 0 Å². The van der Waals surface area contributed by atoms with Crippen LogP contribution in [0.2, 0.25) is 5.02 Å². The van der Waals surface area contributed by atoms with Gasteiger partial charge in [0.15, 0.2) is 0 Å². The zero-order chi connectivity index (χ0) is 15.0. The van der Waals surface area contributed by atoms with Gasteiger partial charge in [0.1, 0.15) is 5.65 Å². The third-order valence-electron chi connectivity index (χ3n) is 3.23. The van der Waals surface area contributed by atoms with Crippen LogP contribution >= 0.6 is 27.5 Å². The predicted molar refractivity (Wildman–Crippen MR) is 87.1 cm³/mol. The summed E-state index contributed by atoms with van der Waals surface area (Å²) >= 11 is 9.30. The SMILES string of the molecule is CN(C(=O)c1cn2ccnc2cc1Br)c1ccc(Cl)cc1. The van der Waals surface area contributed by atoms with Gasteiger partial charge in [-0.15, -0.1) is 0 Å². The second-order valence-electron chi connectivity index (χ2n) is 4.57. The number of carbonyl (C=O) groups excluding carboxylic acids is 1. The lowest BCUT2D eigenvalue weighted by atomic mass is 10.2. The number of pyridine rings is 1. The van der Waals surface area contributed by atoms with Gasteiger partial charge < -0.3 is 9.30 Å². The van der Waals surface area contributed by atoms with Crippen molar-refractivity contribution in [2.75, 3.05) is 11.9 Å². The van der Waals surface area contributed by atoms with Crippen molar-refractivity contribution in [1.29, 1.82) is 0 Å². The number of benzene rings is 1. The molecule has 2 heterocycles. The summed E-state index contributed by atoms with van der Waals surface area (Å²) in [5, 5.41) is 0.639. The number of hydrogen-bond acceptors (Lipinski definition) is 2. The van der Waals surface area contributed by atoms with Crippen LogP contribution in [0.25, 0.3) is 5.65 Å². The largest absolute Gasteiger partial charge is 0.311 e. The highest BCUT2D eigenvalue weighted by atomic mass is 79.9. The molecular weight excluding hydrogens is 354 g/mol. The minimum atomic E-state index is -0.111. The van der Waals surface area contributed by atoms with Crippen LogP contribution in [0.3, 0.4) is 0 Å². The first kappa shape index (κ1) is 14.1. The maximum absolute atomic E-state index is 12.6. The van der Waals surface area contributed by atoms with Crippen LogP contribution in [-0.2, 0) is 0 Å². The van der Waals surface area contributed by atoms with Gasteiger partial charge in [-0.1, -0.05) is 11.6 Å². The molecule has 106 valence electrons. The Balaban J connectivity index is 1.99. The Bertz CT molecular complexity index is 813. The fourth-order valence-electron chi connectivity index (χ4n) is 2.06. The standard InChI is InChI=1S/C15H11BrClN3O/c1-19(11-4-2-10(17)3-5-11)15(21)12-9-20-7-6-18-14(20)8-13(12)16/h2-9H,1H3. The van der Waals surface area contributed by atoms with Crippen molar-refractivity contribution in [1.82, 2.24) is 9.38 Å². The summed E-state index contributed by atoms with van der Waals surface area (Å²) in [5.41, 5.74) is 2.13. The number of amides is 1. The molecule has 0 atom stereocenters. The zero-order valence-electron chi connectivity index (χ0n) is 11.1. The van der Waals surface area contributed by atoms with Crippen LogP contribution in [0, 0.1) is 0 Å². The molecule has 0 N–H and O–H groups in total. The Morgan fingerprint density at radius 2 is 2.05 bits per heavy atom. The summed E-state index contributed by atoms with van der Waals surface area (Å²) in [5.74, 6) is -0.111. The molecule has 0 radical (unpaired) electrons.